The summed E-state index contributed by atoms with van der Waals surface area (Å²) in [5.74, 6) is -0.0242. The zero-order valence-electron chi connectivity index (χ0n) is 13.1. The molecular formula is C17H23NO2S. The minimum absolute atomic E-state index is 0.0242. The first-order chi connectivity index (χ1) is 9.67. The summed E-state index contributed by atoms with van der Waals surface area (Å²) in [5.41, 5.74) is -1.09. The number of thiophene rings is 1. The minimum Gasteiger partial charge on any atom is -0.383 e. The summed E-state index contributed by atoms with van der Waals surface area (Å²) in [6.07, 6.45) is 0.454. The average molecular weight is 305 g/mol. The molecule has 1 amide bonds. The molecule has 2 aromatic rings. The molecule has 0 radical (unpaired) electrons. The number of carbonyl (C=O) groups excluding carboxylic acids is 1. The molecule has 0 saturated heterocycles. The van der Waals surface area contributed by atoms with Crippen LogP contribution in [0.15, 0.2) is 30.3 Å². The topological polar surface area (TPSA) is 49.3 Å². The number of carbonyl (C=O) groups is 1. The summed E-state index contributed by atoms with van der Waals surface area (Å²) in [7, 11) is 0. The van der Waals surface area contributed by atoms with Crippen LogP contribution in [0.5, 0.6) is 0 Å². The lowest BCUT2D eigenvalue weighted by atomic mass is 9.92. The Labute approximate surface area is 130 Å². The fourth-order valence-corrected chi connectivity index (χ4v) is 3.26. The van der Waals surface area contributed by atoms with E-state index in [0.717, 1.165) is 15.0 Å². The first kappa shape index (κ1) is 16.0. The van der Waals surface area contributed by atoms with Crippen LogP contribution in [0, 0.1) is 5.41 Å². The van der Waals surface area contributed by atoms with Crippen LogP contribution in [0.2, 0.25) is 0 Å². The normalized spacial score (nSPS) is 14.9. The van der Waals surface area contributed by atoms with Gasteiger partial charge in [0.05, 0.1) is 6.54 Å². The van der Waals surface area contributed by atoms with E-state index in [1.165, 1.54) is 0 Å². The highest BCUT2D eigenvalue weighted by Crippen LogP contribution is 2.32. The second-order valence-electron chi connectivity index (χ2n) is 6.94. The number of hydrogen-bond acceptors (Lipinski definition) is 3. The van der Waals surface area contributed by atoms with Gasteiger partial charge in [0.2, 0.25) is 5.91 Å². The van der Waals surface area contributed by atoms with E-state index in [1.807, 2.05) is 51.1 Å². The second kappa shape index (κ2) is 5.78. The molecule has 2 N–H and O–H groups in total. The molecule has 1 aromatic carbocycles. The molecule has 114 valence electrons. The van der Waals surface area contributed by atoms with Crippen molar-refractivity contribution >= 4 is 27.3 Å². The van der Waals surface area contributed by atoms with Gasteiger partial charge in [0.15, 0.2) is 0 Å². The van der Waals surface area contributed by atoms with Crippen LogP contribution in [-0.2, 0) is 10.4 Å². The molecular weight excluding hydrogens is 282 g/mol. The van der Waals surface area contributed by atoms with E-state index in [9.17, 15) is 9.90 Å². The molecule has 2 rings (SSSR count). The maximum Gasteiger partial charge on any atom is 0.220 e. The summed E-state index contributed by atoms with van der Waals surface area (Å²) < 4.78 is 1.15. The zero-order valence-corrected chi connectivity index (χ0v) is 13.9. The standard InChI is InChI=1S/C17H23NO2S/c1-16(2,3)10-15(19)18-11-17(4,20)14-9-12-7-5-6-8-13(12)21-14/h5-9,20H,10-11H2,1-4H3,(H,18,19). The Balaban J connectivity index is 2.06. The van der Waals surface area contributed by atoms with Crippen molar-refractivity contribution in [3.05, 3.63) is 35.2 Å². The predicted octanol–water partition coefficient (Wildman–Crippen LogP) is 3.66. The molecule has 0 bridgehead atoms. The molecule has 0 saturated carbocycles. The van der Waals surface area contributed by atoms with Gasteiger partial charge in [0, 0.05) is 16.0 Å². The van der Waals surface area contributed by atoms with E-state index < -0.39 is 5.60 Å². The Morgan fingerprint density at radius 3 is 2.52 bits per heavy atom. The summed E-state index contributed by atoms with van der Waals surface area (Å²) in [6.45, 7) is 8.05. The lowest BCUT2D eigenvalue weighted by molar-refractivity contribution is -0.124. The van der Waals surface area contributed by atoms with Gasteiger partial charge in [0.1, 0.15) is 5.60 Å². The molecule has 21 heavy (non-hydrogen) atoms. The van der Waals surface area contributed by atoms with Crippen LogP contribution < -0.4 is 5.32 Å². The Morgan fingerprint density at radius 2 is 1.90 bits per heavy atom. The van der Waals surface area contributed by atoms with Crippen molar-refractivity contribution in [2.75, 3.05) is 6.54 Å². The molecule has 1 unspecified atom stereocenters. The lowest BCUT2D eigenvalue weighted by Crippen LogP contribution is -2.39. The Kier molecular flexibility index (Phi) is 4.40. The minimum atomic E-state index is -1.04. The van der Waals surface area contributed by atoms with Crippen molar-refractivity contribution in [1.29, 1.82) is 0 Å². The monoisotopic (exact) mass is 305 g/mol. The van der Waals surface area contributed by atoms with Crippen molar-refractivity contribution in [2.45, 2.75) is 39.7 Å². The summed E-state index contributed by atoms with van der Waals surface area (Å²) in [4.78, 5) is 12.8. The molecule has 1 aromatic heterocycles. The maximum absolute atomic E-state index is 11.9. The van der Waals surface area contributed by atoms with Crippen molar-refractivity contribution in [3.8, 4) is 0 Å². The van der Waals surface area contributed by atoms with Crippen LogP contribution in [0.25, 0.3) is 10.1 Å². The third kappa shape index (κ3) is 4.29. The van der Waals surface area contributed by atoms with Crippen LogP contribution in [0.4, 0.5) is 0 Å². The first-order valence-electron chi connectivity index (χ1n) is 7.15. The third-order valence-corrected chi connectivity index (χ3v) is 4.65. The zero-order chi connectivity index (χ0) is 15.7. The molecule has 1 heterocycles. The number of amides is 1. The molecule has 0 aliphatic heterocycles. The van der Waals surface area contributed by atoms with E-state index in [2.05, 4.69) is 5.32 Å². The number of nitrogens with one attached hydrogen (secondary N) is 1. The smallest absolute Gasteiger partial charge is 0.220 e. The van der Waals surface area contributed by atoms with Gasteiger partial charge in [-0.15, -0.1) is 11.3 Å². The number of rotatable bonds is 4. The highest BCUT2D eigenvalue weighted by atomic mass is 32.1. The second-order valence-corrected chi connectivity index (χ2v) is 8.02. The van der Waals surface area contributed by atoms with Gasteiger partial charge in [-0.3, -0.25) is 4.79 Å². The fourth-order valence-electron chi connectivity index (χ4n) is 2.15. The number of aliphatic hydroxyl groups is 1. The molecule has 0 aliphatic carbocycles. The number of benzene rings is 1. The SMILES string of the molecule is CC(C)(C)CC(=O)NCC(C)(O)c1cc2ccccc2s1. The molecule has 4 heteroatoms. The Bertz CT molecular complexity index is 605. The van der Waals surface area contributed by atoms with Crippen LogP contribution in [0.1, 0.15) is 39.0 Å². The maximum atomic E-state index is 11.9. The van der Waals surface area contributed by atoms with E-state index >= 15 is 0 Å². The van der Waals surface area contributed by atoms with Gasteiger partial charge in [0.25, 0.3) is 0 Å². The van der Waals surface area contributed by atoms with E-state index in [0.29, 0.717) is 6.42 Å². The van der Waals surface area contributed by atoms with Crippen molar-refractivity contribution in [1.82, 2.24) is 5.32 Å². The van der Waals surface area contributed by atoms with Crippen LogP contribution in [-0.4, -0.2) is 17.6 Å². The molecule has 3 nitrogen and oxygen atoms in total. The van der Waals surface area contributed by atoms with Gasteiger partial charge < -0.3 is 10.4 Å². The lowest BCUT2D eigenvalue weighted by Gasteiger charge is -2.24. The molecule has 0 fully saturated rings. The average Bonchev–Trinajstić information content (AvgIpc) is 2.79. The van der Waals surface area contributed by atoms with Crippen LogP contribution in [0.3, 0.4) is 0 Å². The summed E-state index contributed by atoms with van der Waals surface area (Å²) in [6, 6.07) is 10.0. The predicted molar refractivity (Wildman–Crippen MR) is 88.5 cm³/mol. The van der Waals surface area contributed by atoms with Crippen molar-refractivity contribution < 1.29 is 9.90 Å². The van der Waals surface area contributed by atoms with Crippen molar-refractivity contribution in [3.63, 3.8) is 0 Å². The van der Waals surface area contributed by atoms with E-state index in [4.69, 9.17) is 0 Å². The highest BCUT2D eigenvalue weighted by molar-refractivity contribution is 7.19. The first-order valence-corrected chi connectivity index (χ1v) is 7.97. The third-order valence-electron chi connectivity index (χ3n) is 3.28. The number of fused-ring (bicyclic) bond motifs is 1. The Hall–Kier alpha value is -1.39. The molecule has 0 spiro atoms. The largest absolute Gasteiger partial charge is 0.383 e. The van der Waals surface area contributed by atoms with Crippen LogP contribution >= 0.6 is 11.3 Å². The summed E-state index contributed by atoms with van der Waals surface area (Å²) >= 11 is 1.57. The number of hydrogen-bond donors (Lipinski definition) is 2. The highest BCUT2D eigenvalue weighted by Gasteiger charge is 2.27. The quantitative estimate of drug-likeness (QED) is 0.905. The molecule has 0 aliphatic rings. The van der Waals surface area contributed by atoms with Crippen molar-refractivity contribution in [2.24, 2.45) is 5.41 Å². The van der Waals surface area contributed by atoms with E-state index in [-0.39, 0.29) is 17.9 Å². The fraction of sp³-hybridized carbons (Fsp3) is 0.471. The molecule has 1 atom stereocenters. The van der Waals surface area contributed by atoms with E-state index in [1.54, 1.807) is 18.3 Å². The van der Waals surface area contributed by atoms with Gasteiger partial charge >= 0.3 is 0 Å². The van der Waals surface area contributed by atoms with Gasteiger partial charge in [-0.05, 0) is 29.9 Å². The summed E-state index contributed by atoms with van der Waals surface area (Å²) in [5, 5.41) is 14.6. The van der Waals surface area contributed by atoms with Gasteiger partial charge in [-0.2, -0.15) is 0 Å². The van der Waals surface area contributed by atoms with Gasteiger partial charge in [-0.1, -0.05) is 39.0 Å². The van der Waals surface area contributed by atoms with Gasteiger partial charge in [-0.25, -0.2) is 0 Å². The Morgan fingerprint density at radius 1 is 1.24 bits per heavy atom.